The molecule has 1 aromatic rings. The number of carbonyl (C=O) groups excluding carboxylic acids is 1. The van der Waals surface area contributed by atoms with Gasteiger partial charge in [0.05, 0.1) is 11.9 Å². The summed E-state index contributed by atoms with van der Waals surface area (Å²) in [5.41, 5.74) is 0.467. The number of aromatic carboxylic acids is 1. The zero-order chi connectivity index (χ0) is 14.7. The molecule has 2 heterocycles. The normalized spacial score (nSPS) is 22.4. The fourth-order valence-electron chi connectivity index (χ4n) is 2.63. The Morgan fingerprint density at radius 2 is 1.95 bits per heavy atom. The van der Waals surface area contributed by atoms with Crippen molar-refractivity contribution in [1.29, 1.82) is 0 Å². The highest BCUT2D eigenvalue weighted by atomic mass is 16.4. The Kier molecular flexibility index (Phi) is 4.22. The number of anilines is 1. The first-order valence-corrected chi connectivity index (χ1v) is 6.71. The van der Waals surface area contributed by atoms with E-state index in [1.165, 1.54) is 12.3 Å². The minimum Gasteiger partial charge on any atom is -0.477 e. The Morgan fingerprint density at radius 3 is 2.45 bits per heavy atom. The highest BCUT2D eigenvalue weighted by Crippen LogP contribution is 2.21. The number of likely N-dealkylation sites (tertiary alicyclic amines) is 1. The van der Waals surface area contributed by atoms with E-state index in [2.05, 4.69) is 24.1 Å². The molecule has 6 heteroatoms. The quantitative estimate of drug-likeness (QED) is 0.868. The molecule has 2 atom stereocenters. The Morgan fingerprint density at radius 1 is 1.30 bits per heavy atom. The van der Waals surface area contributed by atoms with Crippen LogP contribution in [0.3, 0.4) is 0 Å². The molecular weight excluding hydrogens is 258 g/mol. The maximum absolute atomic E-state index is 12.1. The molecule has 0 aliphatic carbocycles. The zero-order valence-electron chi connectivity index (χ0n) is 11.7. The van der Waals surface area contributed by atoms with Crippen LogP contribution in [0.25, 0.3) is 0 Å². The van der Waals surface area contributed by atoms with Crippen molar-refractivity contribution in [3.8, 4) is 0 Å². The van der Waals surface area contributed by atoms with Gasteiger partial charge in [0.1, 0.15) is 5.69 Å². The fourth-order valence-corrected chi connectivity index (χ4v) is 2.63. The molecule has 6 nitrogen and oxygen atoms in total. The third-order valence-corrected chi connectivity index (χ3v) is 3.39. The average Bonchev–Trinajstić information content (AvgIpc) is 2.38. The lowest BCUT2D eigenvalue weighted by molar-refractivity contribution is 0.0690. The van der Waals surface area contributed by atoms with Gasteiger partial charge in [-0.15, -0.1) is 0 Å². The Hall–Kier alpha value is -2.11. The van der Waals surface area contributed by atoms with Gasteiger partial charge in [0.15, 0.2) is 0 Å². The second kappa shape index (κ2) is 5.90. The Bertz CT molecular complexity index is 491. The van der Waals surface area contributed by atoms with Crippen LogP contribution in [-0.2, 0) is 0 Å². The van der Waals surface area contributed by atoms with Crippen molar-refractivity contribution >= 4 is 17.7 Å². The first-order chi connectivity index (χ1) is 9.45. The number of nitrogens with zero attached hydrogens (tertiary/aromatic N) is 2. The van der Waals surface area contributed by atoms with Crippen LogP contribution in [0.15, 0.2) is 18.3 Å². The SMILES string of the molecule is CC1CC(C)CN(C(=O)Nc2ccc(C(=O)O)nc2)C1. The molecule has 108 valence electrons. The Balaban J connectivity index is 1.98. The number of amides is 2. The highest BCUT2D eigenvalue weighted by Gasteiger charge is 2.25. The van der Waals surface area contributed by atoms with E-state index in [0.29, 0.717) is 17.5 Å². The molecule has 1 saturated heterocycles. The predicted octanol–water partition coefficient (Wildman–Crippen LogP) is 2.29. The topological polar surface area (TPSA) is 82.5 Å². The van der Waals surface area contributed by atoms with Crippen LogP contribution in [0.1, 0.15) is 30.8 Å². The highest BCUT2D eigenvalue weighted by molar-refractivity contribution is 5.90. The third-order valence-electron chi connectivity index (χ3n) is 3.39. The third kappa shape index (κ3) is 3.46. The van der Waals surface area contributed by atoms with Gasteiger partial charge in [-0.2, -0.15) is 0 Å². The second-order valence-electron chi connectivity index (χ2n) is 5.52. The van der Waals surface area contributed by atoms with E-state index in [1.54, 1.807) is 11.0 Å². The number of hydrogen-bond donors (Lipinski definition) is 2. The monoisotopic (exact) mass is 277 g/mol. The fraction of sp³-hybridized carbons (Fsp3) is 0.500. The van der Waals surface area contributed by atoms with Crippen molar-refractivity contribution in [2.24, 2.45) is 11.8 Å². The summed E-state index contributed by atoms with van der Waals surface area (Å²) in [5.74, 6) is -0.0874. The van der Waals surface area contributed by atoms with Crippen molar-refractivity contribution in [2.75, 3.05) is 18.4 Å². The van der Waals surface area contributed by atoms with Crippen LogP contribution in [0.2, 0.25) is 0 Å². The molecule has 2 amide bonds. The van der Waals surface area contributed by atoms with Crippen LogP contribution in [0.5, 0.6) is 0 Å². The number of carbonyl (C=O) groups is 2. The van der Waals surface area contributed by atoms with Crippen LogP contribution >= 0.6 is 0 Å². The van der Waals surface area contributed by atoms with E-state index in [0.717, 1.165) is 19.5 Å². The number of urea groups is 1. The number of piperidine rings is 1. The van der Waals surface area contributed by atoms with Crippen molar-refractivity contribution in [3.63, 3.8) is 0 Å². The van der Waals surface area contributed by atoms with Crippen molar-refractivity contribution in [3.05, 3.63) is 24.0 Å². The summed E-state index contributed by atoms with van der Waals surface area (Å²) in [7, 11) is 0. The first kappa shape index (κ1) is 14.3. The van der Waals surface area contributed by atoms with E-state index in [4.69, 9.17) is 5.11 Å². The van der Waals surface area contributed by atoms with Gasteiger partial charge >= 0.3 is 12.0 Å². The standard InChI is InChI=1S/C14H19N3O3/c1-9-5-10(2)8-17(7-9)14(20)16-11-3-4-12(13(18)19)15-6-11/h3-4,6,9-10H,5,7-8H2,1-2H3,(H,16,20)(H,18,19). The summed E-state index contributed by atoms with van der Waals surface area (Å²) >= 11 is 0. The largest absolute Gasteiger partial charge is 0.477 e. The van der Waals surface area contributed by atoms with Gasteiger partial charge in [-0.25, -0.2) is 14.6 Å². The molecule has 0 bridgehead atoms. The molecule has 1 fully saturated rings. The molecule has 20 heavy (non-hydrogen) atoms. The van der Waals surface area contributed by atoms with Crippen molar-refractivity contribution < 1.29 is 14.7 Å². The number of pyridine rings is 1. The van der Waals surface area contributed by atoms with E-state index in [-0.39, 0.29) is 11.7 Å². The number of carboxylic acids is 1. The summed E-state index contributed by atoms with van der Waals surface area (Å²) in [6.45, 7) is 5.77. The summed E-state index contributed by atoms with van der Waals surface area (Å²) in [6.07, 6.45) is 2.50. The summed E-state index contributed by atoms with van der Waals surface area (Å²) < 4.78 is 0. The van der Waals surface area contributed by atoms with Crippen LogP contribution in [0, 0.1) is 11.8 Å². The minimum atomic E-state index is -1.08. The van der Waals surface area contributed by atoms with Crippen LogP contribution < -0.4 is 5.32 Å². The molecule has 0 aromatic carbocycles. The Labute approximate surface area is 117 Å². The van der Waals surface area contributed by atoms with Crippen molar-refractivity contribution in [2.45, 2.75) is 20.3 Å². The molecule has 1 aliphatic rings. The number of nitrogens with one attached hydrogen (secondary N) is 1. The lowest BCUT2D eigenvalue weighted by atomic mass is 9.92. The maximum Gasteiger partial charge on any atom is 0.354 e. The average molecular weight is 277 g/mol. The van der Waals surface area contributed by atoms with Gasteiger partial charge in [-0.1, -0.05) is 13.8 Å². The summed E-state index contributed by atoms with van der Waals surface area (Å²) in [4.78, 5) is 28.4. The predicted molar refractivity (Wildman–Crippen MR) is 74.7 cm³/mol. The molecule has 2 N–H and O–H groups in total. The summed E-state index contributed by atoms with van der Waals surface area (Å²) in [5, 5.41) is 11.5. The zero-order valence-corrected chi connectivity index (χ0v) is 11.7. The van der Waals surface area contributed by atoms with E-state index >= 15 is 0 Å². The molecule has 2 rings (SSSR count). The van der Waals surface area contributed by atoms with Crippen molar-refractivity contribution in [1.82, 2.24) is 9.88 Å². The van der Waals surface area contributed by atoms with E-state index in [9.17, 15) is 9.59 Å². The van der Waals surface area contributed by atoms with Crippen LogP contribution in [0.4, 0.5) is 10.5 Å². The van der Waals surface area contributed by atoms with Gasteiger partial charge in [-0.05, 0) is 30.4 Å². The van der Waals surface area contributed by atoms with E-state index < -0.39 is 5.97 Å². The molecule has 0 spiro atoms. The second-order valence-corrected chi connectivity index (χ2v) is 5.52. The molecule has 1 aliphatic heterocycles. The molecule has 0 radical (unpaired) electrons. The van der Waals surface area contributed by atoms with Gasteiger partial charge in [0.25, 0.3) is 0 Å². The van der Waals surface area contributed by atoms with Gasteiger partial charge in [0.2, 0.25) is 0 Å². The lowest BCUT2D eigenvalue weighted by Crippen LogP contribution is -2.44. The van der Waals surface area contributed by atoms with Gasteiger partial charge in [0, 0.05) is 13.1 Å². The molecule has 0 saturated carbocycles. The number of hydrogen-bond acceptors (Lipinski definition) is 3. The van der Waals surface area contributed by atoms with E-state index in [1.807, 2.05) is 0 Å². The smallest absolute Gasteiger partial charge is 0.354 e. The number of carboxylic acid groups (broad SMARTS) is 1. The molecule has 1 aromatic heterocycles. The number of rotatable bonds is 2. The van der Waals surface area contributed by atoms with Crippen LogP contribution in [-0.4, -0.2) is 40.1 Å². The minimum absolute atomic E-state index is 0.0387. The summed E-state index contributed by atoms with van der Waals surface area (Å²) in [6, 6.07) is 2.76. The van der Waals surface area contributed by atoms with Gasteiger partial charge in [-0.3, -0.25) is 0 Å². The number of aromatic nitrogens is 1. The lowest BCUT2D eigenvalue weighted by Gasteiger charge is -2.34. The molecule has 2 unspecified atom stereocenters. The first-order valence-electron chi connectivity index (χ1n) is 6.71. The molecular formula is C14H19N3O3. The maximum atomic E-state index is 12.1. The van der Waals surface area contributed by atoms with Gasteiger partial charge < -0.3 is 15.3 Å².